The molecule has 118 valence electrons. The first-order valence-electron chi connectivity index (χ1n) is 7.66. The van der Waals surface area contributed by atoms with Crippen LogP contribution in [0.3, 0.4) is 0 Å². The molecule has 1 aliphatic rings. The number of hydrogen-bond acceptors (Lipinski definition) is 6. The number of aryl methyl sites for hydroxylation is 1. The van der Waals surface area contributed by atoms with E-state index in [1.165, 1.54) is 11.3 Å². The second-order valence-corrected chi connectivity index (χ2v) is 6.62. The molecule has 7 heteroatoms. The Hall–Kier alpha value is -1.05. The van der Waals surface area contributed by atoms with Crippen molar-refractivity contribution in [1.29, 1.82) is 0 Å². The van der Waals surface area contributed by atoms with Crippen LogP contribution in [0.5, 0.6) is 0 Å². The molecule has 0 unspecified atom stereocenters. The number of aliphatic hydroxyl groups excluding tert-OH is 1. The van der Waals surface area contributed by atoms with E-state index < -0.39 is 0 Å². The SMILES string of the molecule is CCCCc1nnc(NC(=O)CN2CCC(CO)CC2)s1. The van der Waals surface area contributed by atoms with Crippen LogP contribution in [0.2, 0.25) is 0 Å². The summed E-state index contributed by atoms with van der Waals surface area (Å²) in [6.07, 6.45) is 5.08. The van der Waals surface area contributed by atoms with Crippen molar-refractivity contribution in [3.63, 3.8) is 0 Å². The van der Waals surface area contributed by atoms with Gasteiger partial charge in [-0.3, -0.25) is 15.0 Å². The van der Waals surface area contributed by atoms with Gasteiger partial charge in [0.25, 0.3) is 0 Å². The topological polar surface area (TPSA) is 78.4 Å². The number of unbranched alkanes of at least 4 members (excludes halogenated alkanes) is 1. The van der Waals surface area contributed by atoms with Gasteiger partial charge in [-0.15, -0.1) is 10.2 Å². The predicted molar refractivity (Wildman–Crippen MR) is 83.4 cm³/mol. The molecular formula is C14H24N4O2S. The molecule has 2 heterocycles. The summed E-state index contributed by atoms with van der Waals surface area (Å²) in [6.45, 7) is 4.53. The maximum absolute atomic E-state index is 12.0. The van der Waals surface area contributed by atoms with E-state index in [0.29, 0.717) is 17.6 Å². The fourth-order valence-electron chi connectivity index (χ4n) is 2.42. The number of nitrogens with zero attached hydrogens (tertiary/aromatic N) is 3. The number of nitrogens with one attached hydrogen (secondary N) is 1. The molecule has 1 aliphatic heterocycles. The summed E-state index contributed by atoms with van der Waals surface area (Å²) in [5.74, 6) is 0.365. The molecule has 0 bridgehead atoms. The van der Waals surface area contributed by atoms with Crippen LogP contribution in [0, 0.1) is 5.92 Å². The Kier molecular flexibility index (Phi) is 6.53. The third-order valence-electron chi connectivity index (χ3n) is 3.79. The minimum Gasteiger partial charge on any atom is -0.396 e. The molecule has 6 nitrogen and oxygen atoms in total. The summed E-state index contributed by atoms with van der Waals surface area (Å²) in [5, 5.41) is 21.6. The predicted octanol–water partition coefficient (Wildman–Crippen LogP) is 1.52. The van der Waals surface area contributed by atoms with Crippen molar-refractivity contribution < 1.29 is 9.90 Å². The lowest BCUT2D eigenvalue weighted by Gasteiger charge is -2.30. The van der Waals surface area contributed by atoms with Crippen molar-refractivity contribution in [3.05, 3.63) is 5.01 Å². The van der Waals surface area contributed by atoms with Gasteiger partial charge < -0.3 is 5.11 Å². The summed E-state index contributed by atoms with van der Waals surface area (Å²) in [6, 6.07) is 0. The molecule has 1 aromatic heterocycles. The molecule has 2 rings (SSSR count). The van der Waals surface area contributed by atoms with Gasteiger partial charge >= 0.3 is 0 Å². The van der Waals surface area contributed by atoms with Crippen molar-refractivity contribution in [3.8, 4) is 0 Å². The molecule has 1 saturated heterocycles. The largest absolute Gasteiger partial charge is 0.396 e. The standard InChI is InChI=1S/C14H24N4O2S/c1-2-3-4-13-16-17-14(21-13)15-12(20)9-18-7-5-11(10-19)6-8-18/h11,19H,2-10H2,1H3,(H,15,17,20). The molecule has 2 N–H and O–H groups in total. The van der Waals surface area contributed by atoms with E-state index in [1.54, 1.807) is 0 Å². The first-order chi connectivity index (χ1) is 10.2. The number of likely N-dealkylation sites (tertiary alicyclic amines) is 1. The molecule has 0 aliphatic carbocycles. The Labute approximate surface area is 129 Å². The van der Waals surface area contributed by atoms with Crippen LogP contribution in [0.15, 0.2) is 0 Å². The van der Waals surface area contributed by atoms with Crippen LogP contribution in [0.1, 0.15) is 37.6 Å². The van der Waals surface area contributed by atoms with Crippen LogP contribution in [0.25, 0.3) is 0 Å². The van der Waals surface area contributed by atoms with Gasteiger partial charge in [-0.25, -0.2) is 0 Å². The number of piperidine rings is 1. The van der Waals surface area contributed by atoms with Crippen LogP contribution < -0.4 is 5.32 Å². The van der Waals surface area contributed by atoms with Crippen molar-refractivity contribution in [2.24, 2.45) is 5.92 Å². The van der Waals surface area contributed by atoms with Crippen LogP contribution in [0.4, 0.5) is 5.13 Å². The molecule has 0 spiro atoms. The highest BCUT2D eigenvalue weighted by Gasteiger charge is 2.20. The summed E-state index contributed by atoms with van der Waals surface area (Å²) in [5.41, 5.74) is 0. The highest BCUT2D eigenvalue weighted by Crippen LogP contribution is 2.18. The first kappa shape index (κ1) is 16.3. The summed E-state index contributed by atoms with van der Waals surface area (Å²) in [7, 11) is 0. The second-order valence-electron chi connectivity index (χ2n) is 5.55. The zero-order chi connectivity index (χ0) is 15.1. The van der Waals surface area contributed by atoms with Gasteiger partial charge in [0.05, 0.1) is 6.54 Å². The quantitative estimate of drug-likeness (QED) is 0.798. The first-order valence-corrected chi connectivity index (χ1v) is 8.48. The maximum Gasteiger partial charge on any atom is 0.240 e. The molecule has 21 heavy (non-hydrogen) atoms. The number of carbonyl (C=O) groups is 1. The summed E-state index contributed by atoms with van der Waals surface area (Å²) in [4.78, 5) is 14.1. The molecule has 0 saturated carbocycles. The van der Waals surface area contributed by atoms with E-state index in [0.717, 1.165) is 50.2 Å². The Balaban J connectivity index is 1.73. The number of aliphatic hydroxyl groups is 1. The van der Waals surface area contributed by atoms with Gasteiger partial charge in [-0.05, 0) is 38.3 Å². The van der Waals surface area contributed by atoms with E-state index in [4.69, 9.17) is 5.11 Å². The third kappa shape index (κ3) is 5.33. The third-order valence-corrected chi connectivity index (χ3v) is 4.69. The average molecular weight is 312 g/mol. The number of amides is 1. The molecular weight excluding hydrogens is 288 g/mol. The number of rotatable bonds is 7. The number of anilines is 1. The average Bonchev–Trinajstić information content (AvgIpc) is 2.93. The van der Waals surface area contributed by atoms with Gasteiger partial charge in [0.15, 0.2) is 0 Å². The molecule has 1 aromatic rings. The Bertz CT molecular complexity index is 444. The van der Waals surface area contributed by atoms with Gasteiger partial charge in [0.2, 0.25) is 11.0 Å². The van der Waals surface area contributed by atoms with E-state index >= 15 is 0 Å². The van der Waals surface area contributed by atoms with Crippen molar-refractivity contribution in [2.75, 3.05) is 31.6 Å². The van der Waals surface area contributed by atoms with Gasteiger partial charge in [-0.2, -0.15) is 0 Å². The van der Waals surface area contributed by atoms with Crippen LogP contribution in [-0.2, 0) is 11.2 Å². The zero-order valence-corrected chi connectivity index (χ0v) is 13.4. The summed E-state index contributed by atoms with van der Waals surface area (Å²) >= 11 is 1.46. The maximum atomic E-state index is 12.0. The molecule has 1 amide bonds. The minimum absolute atomic E-state index is 0.0318. The second kappa shape index (κ2) is 8.41. The highest BCUT2D eigenvalue weighted by atomic mass is 32.1. The number of aromatic nitrogens is 2. The lowest BCUT2D eigenvalue weighted by atomic mass is 9.98. The van der Waals surface area contributed by atoms with E-state index in [1.807, 2.05) is 0 Å². The van der Waals surface area contributed by atoms with Crippen LogP contribution in [-0.4, -0.2) is 52.4 Å². The van der Waals surface area contributed by atoms with Gasteiger partial charge in [-0.1, -0.05) is 24.7 Å². The van der Waals surface area contributed by atoms with Gasteiger partial charge in [0.1, 0.15) is 5.01 Å². The van der Waals surface area contributed by atoms with E-state index in [-0.39, 0.29) is 12.5 Å². The van der Waals surface area contributed by atoms with Crippen molar-refractivity contribution in [2.45, 2.75) is 39.0 Å². The van der Waals surface area contributed by atoms with Gasteiger partial charge in [0, 0.05) is 13.0 Å². The van der Waals surface area contributed by atoms with Crippen molar-refractivity contribution in [1.82, 2.24) is 15.1 Å². The monoisotopic (exact) mass is 312 g/mol. The lowest BCUT2D eigenvalue weighted by molar-refractivity contribution is -0.117. The van der Waals surface area contributed by atoms with Crippen molar-refractivity contribution >= 4 is 22.4 Å². The smallest absolute Gasteiger partial charge is 0.240 e. The lowest BCUT2D eigenvalue weighted by Crippen LogP contribution is -2.39. The van der Waals surface area contributed by atoms with E-state index in [9.17, 15) is 4.79 Å². The zero-order valence-electron chi connectivity index (χ0n) is 12.5. The Morgan fingerprint density at radius 1 is 1.43 bits per heavy atom. The molecule has 0 aromatic carbocycles. The van der Waals surface area contributed by atoms with E-state index in [2.05, 4.69) is 27.3 Å². The molecule has 0 atom stereocenters. The minimum atomic E-state index is -0.0318. The molecule has 1 fully saturated rings. The number of hydrogen-bond donors (Lipinski definition) is 2. The summed E-state index contributed by atoms with van der Waals surface area (Å²) < 4.78 is 0. The van der Waals surface area contributed by atoms with Crippen LogP contribution >= 0.6 is 11.3 Å². The molecule has 0 radical (unpaired) electrons. The fourth-order valence-corrected chi connectivity index (χ4v) is 3.22. The number of carbonyl (C=O) groups excluding carboxylic acids is 1. The Morgan fingerprint density at radius 3 is 2.86 bits per heavy atom. The Morgan fingerprint density at radius 2 is 2.19 bits per heavy atom. The highest BCUT2D eigenvalue weighted by molar-refractivity contribution is 7.15. The normalized spacial score (nSPS) is 17.0. The fraction of sp³-hybridized carbons (Fsp3) is 0.786.